The highest BCUT2D eigenvalue weighted by molar-refractivity contribution is 5.41. The van der Waals surface area contributed by atoms with E-state index in [-0.39, 0.29) is 6.07 Å². The Hall–Kier alpha value is -1.75. The van der Waals surface area contributed by atoms with Crippen LogP contribution in [0.1, 0.15) is 28.9 Å². The molecule has 0 atom stereocenters. The lowest BCUT2D eigenvalue weighted by Crippen LogP contribution is -2.16. The summed E-state index contributed by atoms with van der Waals surface area (Å²) in [6.07, 6.45) is -8.04. The van der Waals surface area contributed by atoms with Gasteiger partial charge in [0.1, 0.15) is 17.5 Å². The second-order valence-corrected chi connectivity index (χ2v) is 3.04. The van der Waals surface area contributed by atoms with E-state index < -0.39 is 41.7 Å². The lowest BCUT2D eigenvalue weighted by Gasteiger charge is -2.14. The summed E-state index contributed by atoms with van der Waals surface area (Å²) in [5, 5.41) is 8.57. The highest BCUT2D eigenvalue weighted by atomic mass is 19.4. The normalized spacial score (nSPS) is 11.6. The third kappa shape index (κ3) is 2.68. The topological polar surface area (TPSA) is 62.7 Å². The minimum atomic E-state index is -4.85. The van der Waals surface area contributed by atoms with E-state index >= 15 is 0 Å². The van der Waals surface area contributed by atoms with E-state index in [1.54, 1.807) is 0 Å². The van der Waals surface area contributed by atoms with Gasteiger partial charge in [-0.2, -0.15) is 18.4 Å². The lowest BCUT2D eigenvalue weighted by molar-refractivity contribution is -0.138. The van der Waals surface area contributed by atoms with Crippen LogP contribution in [0.25, 0.3) is 0 Å². The first kappa shape index (κ1) is 13.3. The van der Waals surface area contributed by atoms with Crippen LogP contribution < -0.4 is 5.73 Å². The quantitative estimate of drug-likeness (QED) is 0.820. The number of rotatable bonds is 2. The molecule has 0 fully saturated rings. The molecule has 1 aromatic rings. The van der Waals surface area contributed by atoms with E-state index in [1.165, 1.54) is 6.07 Å². The highest BCUT2D eigenvalue weighted by Crippen LogP contribution is 2.34. The third-order valence-electron chi connectivity index (χ3n) is 1.98. The number of hydrogen-bond acceptors (Lipinski definition) is 3. The van der Waals surface area contributed by atoms with Crippen molar-refractivity contribution < 1.29 is 22.0 Å². The number of aromatic nitrogens is 1. The Morgan fingerprint density at radius 1 is 1.41 bits per heavy atom. The van der Waals surface area contributed by atoms with Gasteiger partial charge in [0.05, 0.1) is 5.56 Å². The Bertz CT molecular complexity index is 461. The van der Waals surface area contributed by atoms with E-state index in [0.717, 1.165) is 0 Å². The summed E-state index contributed by atoms with van der Waals surface area (Å²) in [4.78, 5) is 3.14. The fourth-order valence-electron chi connectivity index (χ4n) is 1.26. The van der Waals surface area contributed by atoms with Crippen molar-refractivity contribution in [2.45, 2.75) is 19.1 Å². The van der Waals surface area contributed by atoms with Crippen LogP contribution in [0.3, 0.4) is 0 Å². The lowest BCUT2D eigenvalue weighted by atomic mass is 10.0. The summed E-state index contributed by atoms with van der Waals surface area (Å²) >= 11 is 0. The fourth-order valence-corrected chi connectivity index (χ4v) is 1.26. The van der Waals surface area contributed by atoms with E-state index in [0.29, 0.717) is 0 Å². The molecule has 0 saturated heterocycles. The van der Waals surface area contributed by atoms with E-state index in [2.05, 4.69) is 4.98 Å². The first-order valence-corrected chi connectivity index (χ1v) is 4.30. The van der Waals surface area contributed by atoms with E-state index in [1.807, 2.05) is 0 Å². The second-order valence-electron chi connectivity index (χ2n) is 3.04. The Labute approximate surface area is 92.7 Å². The van der Waals surface area contributed by atoms with Gasteiger partial charge in [0.15, 0.2) is 0 Å². The number of nitriles is 1. The van der Waals surface area contributed by atoms with Gasteiger partial charge < -0.3 is 5.73 Å². The number of nitrogens with zero attached hydrogens (tertiary/aromatic N) is 2. The van der Waals surface area contributed by atoms with Crippen molar-refractivity contribution in [3.63, 3.8) is 0 Å². The summed E-state index contributed by atoms with van der Waals surface area (Å²) < 4.78 is 62.3. The van der Waals surface area contributed by atoms with Crippen LogP contribution in [0, 0.1) is 11.3 Å². The Balaban J connectivity index is 3.56. The molecule has 17 heavy (non-hydrogen) atoms. The zero-order chi connectivity index (χ0) is 13.2. The molecule has 0 aliphatic heterocycles. The minimum Gasteiger partial charge on any atom is -0.326 e. The Morgan fingerprint density at radius 2 is 2.00 bits per heavy atom. The van der Waals surface area contributed by atoms with E-state index in [9.17, 15) is 22.0 Å². The first-order valence-electron chi connectivity index (χ1n) is 4.30. The predicted molar refractivity (Wildman–Crippen MR) is 46.8 cm³/mol. The number of alkyl halides is 5. The van der Waals surface area contributed by atoms with Crippen LogP contribution in [-0.2, 0) is 12.7 Å². The molecule has 0 unspecified atom stereocenters. The van der Waals surface area contributed by atoms with Crippen molar-refractivity contribution in [1.82, 2.24) is 4.98 Å². The molecule has 2 N–H and O–H groups in total. The molecule has 0 aliphatic carbocycles. The van der Waals surface area contributed by atoms with Crippen molar-refractivity contribution >= 4 is 0 Å². The number of halogens is 5. The minimum absolute atomic E-state index is 0.216. The number of nitrogens with two attached hydrogens (primary N) is 1. The zero-order valence-electron chi connectivity index (χ0n) is 8.22. The predicted octanol–water partition coefficient (Wildman–Crippen LogP) is 2.37. The fraction of sp³-hybridized carbons (Fsp3) is 0.333. The van der Waals surface area contributed by atoms with Crippen molar-refractivity contribution in [1.29, 1.82) is 5.26 Å². The van der Waals surface area contributed by atoms with Crippen LogP contribution in [0.5, 0.6) is 0 Å². The van der Waals surface area contributed by atoms with Crippen LogP contribution in [0.4, 0.5) is 22.0 Å². The average Bonchev–Trinajstić information content (AvgIpc) is 2.25. The van der Waals surface area contributed by atoms with E-state index in [4.69, 9.17) is 11.0 Å². The summed E-state index contributed by atoms with van der Waals surface area (Å²) in [5.74, 6) is 0. The molecule has 1 rings (SSSR count). The maximum Gasteiger partial charge on any atom is 0.416 e. The van der Waals surface area contributed by atoms with Gasteiger partial charge in [-0.05, 0) is 6.07 Å². The molecule has 1 heterocycles. The van der Waals surface area contributed by atoms with Crippen LogP contribution in [-0.4, -0.2) is 4.98 Å². The molecule has 8 heteroatoms. The molecule has 0 aliphatic rings. The monoisotopic (exact) mass is 251 g/mol. The third-order valence-corrected chi connectivity index (χ3v) is 1.98. The number of hydrogen-bond donors (Lipinski definition) is 1. The SMILES string of the molecule is N#Cc1nc(C(F)F)cc(C(F)(F)F)c1CN. The largest absolute Gasteiger partial charge is 0.416 e. The van der Waals surface area contributed by atoms with Gasteiger partial charge in [0.25, 0.3) is 6.43 Å². The average molecular weight is 251 g/mol. The Morgan fingerprint density at radius 3 is 2.35 bits per heavy atom. The molecular weight excluding hydrogens is 245 g/mol. The van der Waals surface area contributed by atoms with Crippen LogP contribution >= 0.6 is 0 Å². The molecule has 0 aromatic carbocycles. The van der Waals surface area contributed by atoms with Crippen LogP contribution in [0.2, 0.25) is 0 Å². The highest BCUT2D eigenvalue weighted by Gasteiger charge is 2.36. The van der Waals surface area contributed by atoms with Gasteiger partial charge >= 0.3 is 6.18 Å². The molecule has 0 amide bonds. The smallest absolute Gasteiger partial charge is 0.326 e. The number of pyridine rings is 1. The van der Waals surface area contributed by atoms with Gasteiger partial charge in [0, 0.05) is 12.1 Å². The maximum absolute atomic E-state index is 12.6. The van der Waals surface area contributed by atoms with Crippen molar-refractivity contribution in [3.05, 3.63) is 28.6 Å². The Kier molecular flexibility index (Phi) is 3.63. The van der Waals surface area contributed by atoms with Crippen LogP contribution in [0.15, 0.2) is 6.07 Å². The first-order chi connectivity index (χ1) is 7.81. The van der Waals surface area contributed by atoms with Crippen molar-refractivity contribution in [2.24, 2.45) is 5.73 Å². The van der Waals surface area contributed by atoms with Gasteiger partial charge in [-0.25, -0.2) is 13.8 Å². The summed E-state index contributed by atoms with van der Waals surface area (Å²) in [7, 11) is 0. The van der Waals surface area contributed by atoms with Crippen molar-refractivity contribution in [3.8, 4) is 6.07 Å². The second kappa shape index (κ2) is 4.63. The summed E-state index contributed by atoms with van der Waals surface area (Å²) in [5.41, 5.74) is 1.33. The van der Waals surface area contributed by atoms with Crippen molar-refractivity contribution in [2.75, 3.05) is 0 Å². The van der Waals surface area contributed by atoms with Gasteiger partial charge in [-0.1, -0.05) is 0 Å². The van der Waals surface area contributed by atoms with Gasteiger partial charge in [-0.15, -0.1) is 0 Å². The maximum atomic E-state index is 12.6. The molecule has 92 valence electrons. The summed E-state index contributed by atoms with van der Waals surface area (Å²) in [6, 6.07) is 1.55. The molecule has 1 aromatic heterocycles. The zero-order valence-corrected chi connectivity index (χ0v) is 8.22. The molecule has 3 nitrogen and oxygen atoms in total. The summed E-state index contributed by atoms with van der Waals surface area (Å²) in [6.45, 7) is -0.603. The van der Waals surface area contributed by atoms with Gasteiger partial charge in [0.2, 0.25) is 0 Å². The standard InChI is InChI=1S/C9H6F5N3/c10-8(11)6-1-5(9(12,13)14)4(2-15)7(3-16)17-6/h1,8H,2,15H2. The molecule has 0 saturated carbocycles. The molecule has 0 bridgehead atoms. The molecule has 0 spiro atoms. The molecular formula is C9H6F5N3. The molecule has 0 radical (unpaired) electrons. The van der Waals surface area contributed by atoms with Gasteiger partial charge in [-0.3, -0.25) is 0 Å².